The van der Waals surface area contributed by atoms with E-state index in [0.717, 1.165) is 36.8 Å². The lowest BCUT2D eigenvalue weighted by molar-refractivity contribution is 0.456. The van der Waals surface area contributed by atoms with Gasteiger partial charge in [-0.25, -0.2) is 0 Å². The SMILES string of the molecule is C=Cc1oc(NC2CC2)c(-c2cc(CC)cc(CC)c2)c1O. The van der Waals surface area contributed by atoms with Crippen LogP contribution in [0.5, 0.6) is 5.75 Å². The second-order valence-electron chi connectivity index (χ2n) is 5.89. The first kappa shape index (κ1) is 14.8. The molecule has 3 rings (SSSR count). The molecule has 0 atom stereocenters. The van der Waals surface area contributed by atoms with Crippen LogP contribution in [0.3, 0.4) is 0 Å². The molecule has 22 heavy (non-hydrogen) atoms. The summed E-state index contributed by atoms with van der Waals surface area (Å²) in [6, 6.07) is 6.95. The molecule has 2 N–H and O–H groups in total. The minimum absolute atomic E-state index is 0.174. The van der Waals surface area contributed by atoms with Gasteiger partial charge in [0.15, 0.2) is 11.5 Å². The summed E-state index contributed by atoms with van der Waals surface area (Å²) in [6.45, 7) is 8.01. The Morgan fingerprint density at radius 2 is 1.86 bits per heavy atom. The van der Waals surface area contributed by atoms with Crippen molar-refractivity contribution in [1.29, 1.82) is 0 Å². The lowest BCUT2D eigenvalue weighted by atomic mass is 9.98. The quantitative estimate of drug-likeness (QED) is 0.789. The Morgan fingerprint density at radius 1 is 1.23 bits per heavy atom. The van der Waals surface area contributed by atoms with Crippen LogP contribution in [0.25, 0.3) is 17.2 Å². The number of aromatic hydroxyl groups is 1. The van der Waals surface area contributed by atoms with Crippen molar-refractivity contribution in [2.45, 2.75) is 45.6 Å². The van der Waals surface area contributed by atoms with Crippen LogP contribution in [0.1, 0.15) is 43.6 Å². The van der Waals surface area contributed by atoms with E-state index in [9.17, 15) is 5.11 Å². The third-order valence-corrected chi connectivity index (χ3v) is 4.16. The number of hydrogen-bond acceptors (Lipinski definition) is 3. The van der Waals surface area contributed by atoms with Crippen LogP contribution in [-0.2, 0) is 12.8 Å². The molecule has 116 valence electrons. The molecule has 1 aliphatic carbocycles. The zero-order valence-electron chi connectivity index (χ0n) is 13.3. The minimum Gasteiger partial charge on any atom is -0.504 e. The molecule has 0 spiro atoms. The number of aryl methyl sites for hydroxylation is 2. The first-order chi connectivity index (χ1) is 10.7. The van der Waals surface area contributed by atoms with Crippen LogP contribution in [-0.4, -0.2) is 11.1 Å². The smallest absolute Gasteiger partial charge is 0.205 e. The molecule has 1 heterocycles. The van der Waals surface area contributed by atoms with Gasteiger partial charge in [0, 0.05) is 6.04 Å². The van der Waals surface area contributed by atoms with Gasteiger partial charge in [0.25, 0.3) is 0 Å². The molecule has 0 bridgehead atoms. The van der Waals surface area contributed by atoms with Gasteiger partial charge >= 0.3 is 0 Å². The van der Waals surface area contributed by atoms with Crippen molar-refractivity contribution in [2.24, 2.45) is 0 Å². The number of benzene rings is 1. The minimum atomic E-state index is 0.174. The number of rotatable bonds is 6. The maximum Gasteiger partial charge on any atom is 0.205 e. The van der Waals surface area contributed by atoms with Gasteiger partial charge in [-0.2, -0.15) is 0 Å². The zero-order valence-corrected chi connectivity index (χ0v) is 13.3. The fourth-order valence-corrected chi connectivity index (χ4v) is 2.68. The number of anilines is 1. The van der Waals surface area contributed by atoms with E-state index in [2.05, 4.69) is 43.9 Å². The Hall–Kier alpha value is -2.16. The highest BCUT2D eigenvalue weighted by molar-refractivity contribution is 5.84. The highest BCUT2D eigenvalue weighted by Gasteiger charge is 2.27. The second-order valence-corrected chi connectivity index (χ2v) is 5.89. The van der Waals surface area contributed by atoms with E-state index in [0.29, 0.717) is 17.7 Å². The van der Waals surface area contributed by atoms with Gasteiger partial charge < -0.3 is 14.8 Å². The summed E-state index contributed by atoms with van der Waals surface area (Å²) < 4.78 is 5.77. The summed E-state index contributed by atoms with van der Waals surface area (Å²) in [7, 11) is 0. The van der Waals surface area contributed by atoms with Crippen molar-refractivity contribution >= 4 is 12.0 Å². The number of hydrogen-bond donors (Lipinski definition) is 2. The van der Waals surface area contributed by atoms with Crippen molar-refractivity contribution < 1.29 is 9.52 Å². The van der Waals surface area contributed by atoms with Crippen LogP contribution in [0.2, 0.25) is 0 Å². The highest BCUT2D eigenvalue weighted by atomic mass is 16.4. The monoisotopic (exact) mass is 297 g/mol. The Balaban J connectivity index is 2.12. The van der Waals surface area contributed by atoms with Crippen molar-refractivity contribution in [3.63, 3.8) is 0 Å². The molecule has 1 aliphatic rings. The lowest BCUT2D eigenvalue weighted by Crippen LogP contribution is -2.01. The normalized spacial score (nSPS) is 14.1. The van der Waals surface area contributed by atoms with Crippen molar-refractivity contribution in [3.8, 4) is 16.9 Å². The van der Waals surface area contributed by atoms with Crippen molar-refractivity contribution in [3.05, 3.63) is 41.7 Å². The average molecular weight is 297 g/mol. The molecule has 0 unspecified atom stereocenters. The summed E-state index contributed by atoms with van der Waals surface area (Å²) in [6.07, 6.45) is 5.80. The average Bonchev–Trinajstić information content (AvgIpc) is 3.29. The summed E-state index contributed by atoms with van der Waals surface area (Å²) >= 11 is 0. The second kappa shape index (κ2) is 5.91. The molecule has 3 nitrogen and oxygen atoms in total. The predicted octanol–water partition coefficient (Wildman–Crippen LogP) is 4.99. The fourth-order valence-electron chi connectivity index (χ4n) is 2.68. The fraction of sp³-hybridized carbons (Fsp3) is 0.368. The van der Waals surface area contributed by atoms with Crippen molar-refractivity contribution in [2.75, 3.05) is 5.32 Å². The van der Waals surface area contributed by atoms with E-state index in [1.165, 1.54) is 11.1 Å². The number of furan rings is 1. The summed E-state index contributed by atoms with van der Waals surface area (Å²) in [5.41, 5.74) is 4.31. The largest absolute Gasteiger partial charge is 0.504 e. The summed E-state index contributed by atoms with van der Waals surface area (Å²) in [5, 5.41) is 13.9. The van der Waals surface area contributed by atoms with Crippen LogP contribution >= 0.6 is 0 Å². The maximum atomic E-state index is 10.5. The molecule has 0 radical (unpaired) electrons. The molecule has 3 heteroatoms. The van der Waals surface area contributed by atoms with E-state index >= 15 is 0 Å². The Labute approximate surface area is 131 Å². The topological polar surface area (TPSA) is 45.4 Å². The van der Waals surface area contributed by atoms with Gasteiger partial charge in [-0.15, -0.1) is 0 Å². The van der Waals surface area contributed by atoms with Gasteiger partial charge in [0.1, 0.15) is 0 Å². The molecule has 1 aromatic heterocycles. The zero-order chi connectivity index (χ0) is 15.7. The Morgan fingerprint density at radius 3 is 2.36 bits per heavy atom. The molecular formula is C19H23NO2. The molecule has 0 aliphatic heterocycles. The van der Waals surface area contributed by atoms with E-state index < -0.39 is 0 Å². The van der Waals surface area contributed by atoms with Gasteiger partial charge in [0.05, 0.1) is 5.56 Å². The van der Waals surface area contributed by atoms with Gasteiger partial charge in [-0.3, -0.25) is 0 Å². The summed E-state index contributed by atoms with van der Waals surface area (Å²) in [4.78, 5) is 0. The highest BCUT2D eigenvalue weighted by Crippen LogP contribution is 2.44. The molecule has 1 fully saturated rings. The van der Waals surface area contributed by atoms with E-state index in [-0.39, 0.29) is 5.75 Å². The first-order valence-electron chi connectivity index (χ1n) is 8.04. The van der Waals surface area contributed by atoms with Crippen molar-refractivity contribution in [1.82, 2.24) is 0 Å². The maximum absolute atomic E-state index is 10.5. The number of nitrogens with one attached hydrogen (secondary N) is 1. The molecule has 0 amide bonds. The Bertz CT molecular complexity index is 673. The predicted molar refractivity (Wildman–Crippen MR) is 91.3 cm³/mol. The van der Waals surface area contributed by atoms with Crippen LogP contribution in [0, 0.1) is 0 Å². The van der Waals surface area contributed by atoms with Gasteiger partial charge in [0.2, 0.25) is 5.88 Å². The third kappa shape index (κ3) is 2.76. The standard InChI is InChI=1S/C19H23NO2/c1-4-12-9-13(5-2)11-14(10-12)17-18(21)16(6-3)22-19(17)20-15-7-8-15/h6,9-11,15,20-21H,3-5,7-8H2,1-2H3. The molecule has 2 aromatic rings. The molecule has 1 aromatic carbocycles. The molecular weight excluding hydrogens is 274 g/mol. The van der Waals surface area contributed by atoms with Gasteiger partial charge in [-0.1, -0.05) is 38.6 Å². The lowest BCUT2D eigenvalue weighted by Gasteiger charge is -2.09. The van der Waals surface area contributed by atoms with E-state index in [4.69, 9.17) is 4.42 Å². The van der Waals surface area contributed by atoms with Crippen LogP contribution in [0.4, 0.5) is 5.88 Å². The van der Waals surface area contributed by atoms with Crippen LogP contribution < -0.4 is 5.32 Å². The van der Waals surface area contributed by atoms with E-state index in [1.54, 1.807) is 6.08 Å². The Kier molecular flexibility index (Phi) is 3.97. The van der Waals surface area contributed by atoms with Gasteiger partial charge in [-0.05, 0) is 48.4 Å². The molecule has 0 saturated heterocycles. The molecule has 1 saturated carbocycles. The van der Waals surface area contributed by atoms with E-state index in [1.807, 2.05) is 0 Å². The summed E-state index contributed by atoms with van der Waals surface area (Å²) in [5.74, 6) is 1.26. The first-order valence-corrected chi connectivity index (χ1v) is 8.04. The van der Waals surface area contributed by atoms with Crippen LogP contribution in [0.15, 0.2) is 29.2 Å². The third-order valence-electron chi connectivity index (χ3n) is 4.16.